The molecule has 1 atom stereocenters. The minimum atomic E-state index is -0.667. The van der Waals surface area contributed by atoms with Crippen LogP contribution in [0.4, 0.5) is 0 Å². The zero-order valence-electron chi connectivity index (χ0n) is 7.09. The Morgan fingerprint density at radius 3 is 3.08 bits per heavy atom. The molecular weight excluding hydrogens is 166 g/mol. The lowest BCUT2D eigenvalue weighted by molar-refractivity contribution is 0.182. The third kappa shape index (κ3) is 1.41. The van der Waals surface area contributed by atoms with Gasteiger partial charge in [0.1, 0.15) is 11.8 Å². The van der Waals surface area contributed by atoms with E-state index in [-0.39, 0.29) is 6.54 Å². The molecule has 3 N–H and O–H groups in total. The summed E-state index contributed by atoms with van der Waals surface area (Å²) in [5, 5.41) is 9.43. The molecule has 0 radical (unpaired) electrons. The maximum Gasteiger partial charge on any atom is 0.137 e. The highest BCUT2D eigenvalue weighted by Crippen LogP contribution is 2.11. The first-order valence-electron chi connectivity index (χ1n) is 4.13. The van der Waals surface area contributed by atoms with Gasteiger partial charge in [-0.15, -0.1) is 0 Å². The largest absolute Gasteiger partial charge is 0.385 e. The smallest absolute Gasteiger partial charge is 0.137 e. The van der Waals surface area contributed by atoms with E-state index in [4.69, 9.17) is 5.73 Å². The monoisotopic (exact) mass is 177 g/mol. The molecule has 0 aliphatic carbocycles. The Morgan fingerprint density at radius 1 is 1.54 bits per heavy atom. The fourth-order valence-corrected chi connectivity index (χ4v) is 1.24. The highest BCUT2D eigenvalue weighted by atomic mass is 16.3. The lowest BCUT2D eigenvalue weighted by atomic mass is 10.3. The van der Waals surface area contributed by atoms with Gasteiger partial charge in [-0.1, -0.05) is 6.07 Å². The van der Waals surface area contributed by atoms with Crippen molar-refractivity contribution in [3.05, 3.63) is 36.3 Å². The van der Waals surface area contributed by atoms with Gasteiger partial charge in [-0.2, -0.15) is 0 Å². The molecule has 0 spiro atoms. The van der Waals surface area contributed by atoms with E-state index in [0.29, 0.717) is 5.69 Å². The van der Waals surface area contributed by atoms with Crippen molar-refractivity contribution in [1.29, 1.82) is 0 Å². The third-order valence-corrected chi connectivity index (χ3v) is 1.95. The maximum atomic E-state index is 9.43. The van der Waals surface area contributed by atoms with Crippen molar-refractivity contribution in [3.8, 4) is 0 Å². The number of hydrogen-bond acceptors (Lipinski definition) is 3. The van der Waals surface area contributed by atoms with E-state index in [0.717, 1.165) is 5.65 Å². The van der Waals surface area contributed by atoms with Crippen LogP contribution < -0.4 is 5.73 Å². The molecule has 0 amide bonds. The van der Waals surface area contributed by atoms with Crippen LogP contribution in [0.5, 0.6) is 0 Å². The van der Waals surface area contributed by atoms with Gasteiger partial charge in [-0.05, 0) is 12.1 Å². The standard InChI is InChI=1S/C9H11N3O/c10-5-8(13)7-6-12-4-2-1-3-9(12)11-7/h1-4,6,8,13H,5,10H2. The number of pyridine rings is 1. The summed E-state index contributed by atoms with van der Waals surface area (Å²) in [7, 11) is 0. The molecule has 1 unspecified atom stereocenters. The molecule has 2 aromatic rings. The summed E-state index contributed by atoms with van der Waals surface area (Å²) < 4.78 is 1.86. The molecule has 4 nitrogen and oxygen atoms in total. The number of rotatable bonds is 2. The Labute approximate surface area is 75.6 Å². The number of aliphatic hydroxyl groups is 1. The first kappa shape index (κ1) is 8.22. The number of nitrogens with two attached hydrogens (primary N) is 1. The second kappa shape index (κ2) is 3.16. The molecule has 68 valence electrons. The molecule has 2 rings (SSSR count). The van der Waals surface area contributed by atoms with Crippen LogP contribution >= 0.6 is 0 Å². The van der Waals surface area contributed by atoms with Crippen LogP contribution in [0.3, 0.4) is 0 Å². The summed E-state index contributed by atoms with van der Waals surface area (Å²) in [6.07, 6.45) is 3.00. The quantitative estimate of drug-likeness (QED) is 0.694. The minimum Gasteiger partial charge on any atom is -0.385 e. The van der Waals surface area contributed by atoms with Crippen molar-refractivity contribution in [3.63, 3.8) is 0 Å². The van der Waals surface area contributed by atoms with E-state index in [1.165, 1.54) is 0 Å². The molecule has 13 heavy (non-hydrogen) atoms. The van der Waals surface area contributed by atoms with Crippen LogP contribution in [-0.2, 0) is 0 Å². The molecule has 0 aliphatic rings. The number of nitrogens with zero attached hydrogens (tertiary/aromatic N) is 2. The van der Waals surface area contributed by atoms with Crippen molar-refractivity contribution in [2.24, 2.45) is 5.73 Å². The highest BCUT2D eigenvalue weighted by molar-refractivity contribution is 5.39. The zero-order chi connectivity index (χ0) is 9.26. The molecule has 0 aliphatic heterocycles. The van der Waals surface area contributed by atoms with E-state index in [1.54, 1.807) is 6.20 Å². The Balaban J connectivity index is 2.49. The van der Waals surface area contributed by atoms with Crippen LogP contribution in [0.25, 0.3) is 5.65 Å². The lowest BCUT2D eigenvalue weighted by Crippen LogP contribution is -2.11. The van der Waals surface area contributed by atoms with Gasteiger partial charge in [0.2, 0.25) is 0 Å². The van der Waals surface area contributed by atoms with E-state index in [1.807, 2.05) is 28.8 Å². The van der Waals surface area contributed by atoms with Crippen LogP contribution in [0.2, 0.25) is 0 Å². The fraction of sp³-hybridized carbons (Fsp3) is 0.222. The van der Waals surface area contributed by atoms with E-state index < -0.39 is 6.10 Å². The molecule has 0 bridgehead atoms. The van der Waals surface area contributed by atoms with Gasteiger partial charge in [-0.25, -0.2) is 4.98 Å². The van der Waals surface area contributed by atoms with Crippen LogP contribution in [0.1, 0.15) is 11.8 Å². The van der Waals surface area contributed by atoms with Crippen molar-refractivity contribution in [2.45, 2.75) is 6.10 Å². The molecule has 0 aromatic carbocycles. The van der Waals surface area contributed by atoms with Gasteiger partial charge in [-0.3, -0.25) is 0 Å². The van der Waals surface area contributed by atoms with Crippen LogP contribution in [-0.4, -0.2) is 21.0 Å². The van der Waals surface area contributed by atoms with Gasteiger partial charge >= 0.3 is 0 Å². The number of hydrogen-bond donors (Lipinski definition) is 2. The second-order valence-corrected chi connectivity index (χ2v) is 2.88. The summed E-state index contributed by atoms with van der Waals surface area (Å²) in [5.74, 6) is 0. The van der Waals surface area contributed by atoms with Crippen molar-refractivity contribution < 1.29 is 5.11 Å². The minimum absolute atomic E-state index is 0.198. The summed E-state index contributed by atoms with van der Waals surface area (Å²) >= 11 is 0. The Morgan fingerprint density at radius 2 is 2.38 bits per heavy atom. The Kier molecular flexibility index (Phi) is 2.00. The Hall–Kier alpha value is -1.39. The van der Waals surface area contributed by atoms with Crippen molar-refractivity contribution >= 4 is 5.65 Å². The third-order valence-electron chi connectivity index (χ3n) is 1.95. The van der Waals surface area contributed by atoms with Gasteiger partial charge < -0.3 is 15.2 Å². The van der Waals surface area contributed by atoms with E-state index in [2.05, 4.69) is 4.98 Å². The Bertz CT molecular complexity index is 377. The van der Waals surface area contributed by atoms with Crippen LogP contribution in [0.15, 0.2) is 30.6 Å². The molecular formula is C9H11N3O. The first-order valence-corrected chi connectivity index (χ1v) is 4.13. The molecule has 0 saturated carbocycles. The normalized spacial score (nSPS) is 13.4. The molecule has 2 aromatic heterocycles. The average Bonchev–Trinajstić information content (AvgIpc) is 2.59. The van der Waals surface area contributed by atoms with E-state index >= 15 is 0 Å². The highest BCUT2D eigenvalue weighted by Gasteiger charge is 2.08. The first-order chi connectivity index (χ1) is 6.31. The number of fused-ring (bicyclic) bond motifs is 1. The zero-order valence-corrected chi connectivity index (χ0v) is 7.09. The number of aliphatic hydroxyl groups excluding tert-OH is 1. The maximum absolute atomic E-state index is 9.43. The lowest BCUT2D eigenvalue weighted by Gasteiger charge is -2.00. The van der Waals surface area contributed by atoms with Gasteiger partial charge in [0.05, 0.1) is 5.69 Å². The average molecular weight is 177 g/mol. The van der Waals surface area contributed by atoms with Gasteiger partial charge in [0.15, 0.2) is 0 Å². The van der Waals surface area contributed by atoms with Gasteiger partial charge in [0.25, 0.3) is 0 Å². The topological polar surface area (TPSA) is 63.5 Å². The summed E-state index contributed by atoms with van der Waals surface area (Å²) in [6.45, 7) is 0.198. The predicted octanol–water partition coefficient (Wildman–Crippen LogP) is 0.326. The summed E-state index contributed by atoms with van der Waals surface area (Å²) in [6, 6.07) is 5.70. The molecule has 0 saturated heterocycles. The molecule has 0 fully saturated rings. The molecule has 2 heterocycles. The van der Waals surface area contributed by atoms with E-state index in [9.17, 15) is 5.11 Å². The van der Waals surface area contributed by atoms with Crippen molar-refractivity contribution in [2.75, 3.05) is 6.54 Å². The SMILES string of the molecule is NCC(O)c1cn2ccccc2n1. The van der Waals surface area contributed by atoms with Gasteiger partial charge in [0, 0.05) is 18.9 Å². The second-order valence-electron chi connectivity index (χ2n) is 2.88. The summed E-state index contributed by atoms with van der Waals surface area (Å²) in [5.41, 5.74) is 6.77. The number of aromatic nitrogens is 2. The summed E-state index contributed by atoms with van der Waals surface area (Å²) in [4.78, 5) is 4.22. The molecule has 4 heteroatoms. The fourth-order valence-electron chi connectivity index (χ4n) is 1.24. The van der Waals surface area contributed by atoms with Crippen molar-refractivity contribution in [1.82, 2.24) is 9.38 Å². The predicted molar refractivity (Wildman–Crippen MR) is 49.2 cm³/mol. The number of imidazole rings is 1. The van der Waals surface area contributed by atoms with Crippen LogP contribution in [0, 0.1) is 0 Å².